The van der Waals surface area contributed by atoms with E-state index in [4.69, 9.17) is 0 Å². The summed E-state index contributed by atoms with van der Waals surface area (Å²) in [5.41, 5.74) is 1.19. The van der Waals surface area contributed by atoms with Crippen LogP contribution in [-0.2, 0) is 0 Å². The van der Waals surface area contributed by atoms with Gasteiger partial charge >= 0.3 is 0 Å². The molecule has 0 aromatic rings. The maximum atomic E-state index is 3.94. The maximum absolute atomic E-state index is 3.94. The van der Waals surface area contributed by atoms with Crippen molar-refractivity contribution in [2.45, 2.75) is 6.04 Å². The lowest BCUT2D eigenvalue weighted by atomic mass is 9.99. The van der Waals surface area contributed by atoms with Crippen LogP contribution in [0.4, 0.5) is 0 Å². The fraction of sp³-hybridized carbons (Fsp3) is 0.111. The lowest BCUT2D eigenvalue weighted by Gasteiger charge is -2.30. The van der Waals surface area contributed by atoms with Gasteiger partial charge in [-0.15, -0.1) is 5.11 Å². The van der Waals surface area contributed by atoms with E-state index in [9.17, 15) is 0 Å². The van der Waals surface area contributed by atoms with Crippen molar-refractivity contribution in [3.8, 4) is 0 Å². The van der Waals surface area contributed by atoms with E-state index < -0.39 is 0 Å². The molecule has 2 heterocycles. The summed E-state index contributed by atoms with van der Waals surface area (Å²) >= 11 is 0. The fourth-order valence-electron chi connectivity index (χ4n) is 1.62. The highest BCUT2D eigenvalue weighted by atomic mass is 15.7. The van der Waals surface area contributed by atoms with Crippen LogP contribution < -0.4 is 0 Å². The lowest BCUT2D eigenvalue weighted by Crippen LogP contribution is -2.32. The van der Waals surface area contributed by atoms with Gasteiger partial charge in [0.15, 0.2) is 5.82 Å². The van der Waals surface area contributed by atoms with Crippen molar-refractivity contribution in [3.63, 3.8) is 0 Å². The van der Waals surface area contributed by atoms with E-state index in [1.165, 1.54) is 5.57 Å². The van der Waals surface area contributed by atoms with Crippen LogP contribution in [0, 0.1) is 0 Å². The van der Waals surface area contributed by atoms with Gasteiger partial charge in [0.2, 0.25) is 0 Å². The molecule has 1 atom stereocenters. The molecule has 3 aliphatic rings. The quantitative estimate of drug-likeness (QED) is 0.571. The van der Waals surface area contributed by atoms with Crippen molar-refractivity contribution in [2.24, 2.45) is 20.8 Å². The molecule has 68 valence electrons. The Kier molecular flexibility index (Phi) is 1.44. The number of rotatable bonds is 0. The number of fused-ring (bicyclic) bond motifs is 3. The minimum absolute atomic E-state index is 0.114. The van der Waals surface area contributed by atoms with Crippen LogP contribution >= 0.6 is 0 Å². The first-order chi connectivity index (χ1) is 6.95. The summed E-state index contributed by atoms with van der Waals surface area (Å²) in [6, 6.07) is 0.114. The number of hydrogen-bond donors (Lipinski definition) is 0. The zero-order valence-electron chi connectivity index (χ0n) is 7.28. The van der Waals surface area contributed by atoms with E-state index in [-0.39, 0.29) is 6.04 Å². The monoisotopic (exact) mass is 185 g/mol. The van der Waals surface area contributed by atoms with Crippen molar-refractivity contribution in [3.05, 3.63) is 47.9 Å². The predicted octanol–water partition coefficient (Wildman–Crippen LogP) is 2.31. The molecule has 0 bridgehead atoms. The first-order valence-corrected chi connectivity index (χ1v) is 4.33. The Bertz CT molecular complexity index is 396. The van der Waals surface area contributed by atoms with E-state index in [1.807, 2.05) is 24.3 Å². The smallest absolute Gasteiger partial charge is 0.175 e. The van der Waals surface area contributed by atoms with Crippen molar-refractivity contribution in [2.75, 3.05) is 0 Å². The Hall–Kier alpha value is -2.04. The van der Waals surface area contributed by atoms with Gasteiger partial charge in [-0.3, -0.25) is 0 Å². The average Bonchev–Trinajstić information content (AvgIpc) is 2.29. The molecular weight excluding hydrogens is 178 g/mol. The topological polar surface area (TPSA) is 52.7 Å². The zero-order chi connectivity index (χ0) is 9.38. The van der Waals surface area contributed by atoms with Gasteiger partial charge in [0.25, 0.3) is 0 Å². The van der Waals surface area contributed by atoms with Crippen LogP contribution in [0.2, 0.25) is 0 Å². The maximum Gasteiger partial charge on any atom is 0.175 e. The van der Waals surface area contributed by atoms with Crippen LogP contribution in [0.25, 0.3) is 0 Å². The molecule has 0 aromatic carbocycles. The molecule has 0 saturated heterocycles. The summed E-state index contributed by atoms with van der Waals surface area (Å²) in [5, 5.41) is 16.6. The summed E-state index contributed by atoms with van der Waals surface area (Å²) in [4.78, 5) is 0. The summed E-state index contributed by atoms with van der Waals surface area (Å²) in [5.74, 6) is 0.730. The van der Waals surface area contributed by atoms with E-state index in [0.717, 1.165) is 5.82 Å². The highest BCUT2D eigenvalue weighted by Gasteiger charge is 2.26. The number of hydrogen-bond acceptors (Lipinski definition) is 5. The van der Waals surface area contributed by atoms with Gasteiger partial charge in [-0.05, 0) is 27.3 Å². The van der Waals surface area contributed by atoms with E-state index >= 15 is 0 Å². The molecule has 0 fully saturated rings. The first-order valence-electron chi connectivity index (χ1n) is 4.33. The molecule has 0 aromatic heterocycles. The normalized spacial score (nSPS) is 26.9. The number of allylic oxidation sites excluding steroid dienone is 4. The lowest BCUT2D eigenvalue weighted by molar-refractivity contribution is 0.284. The van der Waals surface area contributed by atoms with Crippen molar-refractivity contribution in [1.29, 1.82) is 0 Å². The second kappa shape index (κ2) is 2.73. The Morgan fingerprint density at radius 3 is 3.14 bits per heavy atom. The highest BCUT2D eigenvalue weighted by Crippen LogP contribution is 2.29. The van der Waals surface area contributed by atoms with E-state index in [1.54, 1.807) is 5.01 Å². The van der Waals surface area contributed by atoms with Gasteiger partial charge in [0.05, 0.1) is 6.04 Å². The molecule has 0 radical (unpaired) electrons. The van der Waals surface area contributed by atoms with Gasteiger partial charge in [0.1, 0.15) is 0 Å². The van der Waals surface area contributed by atoms with Crippen molar-refractivity contribution >= 4 is 0 Å². The van der Waals surface area contributed by atoms with Crippen LogP contribution in [0.5, 0.6) is 0 Å². The third kappa shape index (κ3) is 0.953. The standard InChI is InChI=1S/C9H7N5/c1-2-4-8-7(3-1)5-6-9-10-11-12-13-14(8)9/h1-6,8H. The van der Waals surface area contributed by atoms with E-state index in [2.05, 4.69) is 32.9 Å². The molecule has 2 aliphatic heterocycles. The second-order valence-electron chi connectivity index (χ2n) is 3.09. The van der Waals surface area contributed by atoms with E-state index in [0.29, 0.717) is 0 Å². The SMILES string of the molecule is C1=CC2=CC=C3N=NN=NN3C2C=C1. The second-order valence-corrected chi connectivity index (χ2v) is 3.09. The molecule has 1 unspecified atom stereocenters. The zero-order valence-corrected chi connectivity index (χ0v) is 7.28. The van der Waals surface area contributed by atoms with Crippen molar-refractivity contribution in [1.82, 2.24) is 5.01 Å². The Balaban J connectivity index is 2.08. The Morgan fingerprint density at radius 2 is 2.14 bits per heavy atom. The molecule has 5 heteroatoms. The van der Waals surface area contributed by atoms with Gasteiger partial charge in [-0.1, -0.05) is 30.4 Å². The largest absolute Gasteiger partial charge is 0.214 e. The Labute approximate surface area is 80.5 Å². The third-order valence-electron chi connectivity index (χ3n) is 2.28. The molecule has 0 saturated carbocycles. The van der Waals surface area contributed by atoms with Gasteiger partial charge in [-0.2, -0.15) is 0 Å². The summed E-state index contributed by atoms with van der Waals surface area (Å²) in [6.07, 6.45) is 12.0. The third-order valence-corrected chi connectivity index (χ3v) is 2.28. The molecule has 3 rings (SSSR count). The van der Waals surface area contributed by atoms with Crippen molar-refractivity contribution < 1.29 is 0 Å². The minimum atomic E-state index is 0.114. The van der Waals surface area contributed by atoms with Gasteiger partial charge < -0.3 is 0 Å². The molecule has 0 spiro atoms. The summed E-state index contributed by atoms with van der Waals surface area (Å²) < 4.78 is 0. The first kappa shape index (κ1) is 7.37. The highest BCUT2D eigenvalue weighted by molar-refractivity contribution is 5.42. The molecule has 0 amide bonds. The van der Waals surface area contributed by atoms with Gasteiger partial charge in [-0.25, -0.2) is 5.01 Å². The van der Waals surface area contributed by atoms with Crippen LogP contribution in [-0.4, -0.2) is 11.1 Å². The molecule has 1 aliphatic carbocycles. The molecule has 5 nitrogen and oxygen atoms in total. The molecule has 14 heavy (non-hydrogen) atoms. The fourth-order valence-corrected chi connectivity index (χ4v) is 1.62. The van der Waals surface area contributed by atoms with Crippen LogP contribution in [0.15, 0.2) is 68.6 Å². The number of nitrogens with zero attached hydrogens (tertiary/aromatic N) is 5. The van der Waals surface area contributed by atoms with Crippen LogP contribution in [0.3, 0.4) is 0 Å². The minimum Gasteiger partial charge on any atom is -0.214 e. The molecular formula is C9H7N5. The van der Waals surface area contributed by atoms with Crippen LogP contribution in [0.1, 0.15) is 0 Å². The average molecular weight is 185 g/mol. The predicted molar refractivity (Wildman–Crippen MR) is 49.8 cm³/mol. The summed E-state index contributed by atoms with van der Waals surface area (Å²) in [7, 11) is 0. The van der Waals surface area contributed by atoms with Gasteiger partial charge in [0, 0.05) is 0 Å². The Morgan fingerprint density at radius 1 is 1.14 bits per heavy atom. The molecule has 0 N–H and O–H groups in total. The summed E-state index contributed by atoms with van der Waals surface area (Å²) in [6.45, 7) is 0.